The van der Waals surface area contributed by atoms with Crippen molar-refractivity contribution in [3.05, 3.63) is 29.8 Å². The molecule has 0 heterocycles. The molecule has 118 valence electrons. The van der Waals surface area contributed by atoms with Gasteiger partial charge in [-0.1, -0.05) is 12.1 Å². The quantitative estimate of drug-likeness (QED) is 0.383. The lowest BCUT2D eigenvalue weighted by atomic mass is 10.2. The lowest BCUT2D eigenvalue weighted by Gasteiger charge is -2.16. The van der Waals surface area contributed by atoms with Crippen LogP contribution in [-0.4, -0.2) is 43.4 Å². The molecule has 0 radical (unpaired) electrons. The molecule has 0 spiro atoms. The molecule has 1 aromatic carbocycles. The lowest BCUT2D eigenvalue weighted by Crippen LogP contribution is -2.43. The van der Waals surface area contributed by atoms with Crippen molar-refractivity contribution in [1.29, 1.82) is 0 Å². The predicted molar refractivity (Wildman–Crippen MR) is 95.6 cm³/mol. The van der Waals surface area contributed by atoms with E-state index in [4.69, 9.17) is 4.74 Å². The monoisotopic (exact) mass is 405 g/mol. The maximum atomic E-state index is 9.90. The topological polar surface area (TPSA) is 65.9 Å². The van der Waals surface area contributed by atoms with Crippen LogP contribution >= 0.6 is 24.0 Å². The summed E-state index contributed by atoms with van der Waals surface area (Å²) in [5, 5.41) is 16.3. The summed E-state index contributed by atoms with van der Waals surface area (Å²) in [6, 6.07) is 8.34. The molecule has 3 N–H and O–H groups in total. The van der Waals surface area contributed by atoms with Crippen LogP contribution in [0, 0.1) is 6.92 Å². The average molecular weight is 405 g/mol. The second kappa shape index (κ2) is 9.09. The number of guanidine groups is 1. The molecule has 1 saturated carbocycles. The van der Waals surface area contributed by atoms with E-state index in [-0.39, 0.29) is 30.6 Å². The Hall–Kier alpha value is -1.02. The summed E-state index contributed by atoms with van der Waals surface area (Å²) in [5.41, 5.74) is 1.14. The van der Waals surface area contributed by atoms with Crippen molar-refractivity contribution in [2.75, 3.05) is 20.2 Å². The van der Waals surface area contributed by atoms with Gasteiger partial charge in [-0.15, -0.1) is 24.0 Å². The Morgan fingerprint density at radius 3 is 2.86 bits per heavy atom. The van der Waals surface area contributed by atoms with Crippen LogP contribution in [0.25, 0.3) is 0 Å². The summed E-state index contributed by atoms with van der Waals surface area (Å²) >= 11 is 0. The van der Waals surface area contributed by atoms with E-state index in [1.165, 1.54) is 12.8 Å². The minimum absolute atomic E-state index is 0. The molecule has 1 fully saturated rings. The smallest absolute Gasteiger partial charge is 0.191 e. The fraction of sp³-hybridized carbons (Fsp3) is 0.533. The number of nitrogens with zero attached hydrogens (tertiary/aromatic N) is 1. The Kier molecular flexibility index (Phi) is 7.81. The number of aliphatic hydroxyl groups is 1. The molecule has 1 aromatic rings. The molecule has 1 aliphatic rings. The number of halogens is 1. The lowest BCUT2D eigenvalue weighted by molar-refractivity contribution is 0.110. The summed E-state index contributed by atoms with van der Waals surface area (Å²) in [6.45, 7) is 2.69. The average Bonchev–Trinajstić information content (AvgIpc) is 3.25. The van der Waals surface area contributed by atoms with Crippen LogP contribution in [0.1, 0.15) is 18.4 Å². The zero-order chi connectivity index (χ0) is 14.4. The van der Waals surface area contributed by atoms with E-state index in [1.54, 1.807) is 7.05 Å². The second-order valence-electron chi connectivity index (χ2n) is 5.15. The van der Waals surface area contributed by atoms with Crippen molar-refractivity contribution < 1.29 is 9.84 Å². The third-order valence-corrected chi connectivity index (χ3v) is 3.08. The fourth-order valence-corrected chi connectivity index (χ4v) is 1.79. The minimum Gasteiger partial charge on any atom is -0.491 e. The van der Waals surface area contributed by atoms with Crippen LogP contribution in [0.4, 0.5) is 0 Å². The Bertz CT molecular complexity index is 464. The van der Waals surface area contributed by atoms with Gasteiger partial charge in [-0.3, -0.25) is 4.99 Å². The maximum Gasteiger partial charge on any atom is 0.191 e. The number of hydrogen-bond acceptors (Lipinski definition) is 3. The molecule has 2 rings (SSSR count). The Balaban J connectivity index is 0.00000220. The van der Waals surface area contributed by atoms with Gasteiger partial charge in [0, 0.05) is 19.6 Å². The van der Waals surface area contributed by atoms with E-state index in [0.29, 0.717) is 12.6 Å². The molecule has 0 saturated heterocycles. The van der Waals surface area contributed by atoms with E-state index >= 15 is 0 Å². The van der Waals surface area contributed by atoms with Crippen LogP contribution in [0.3, 0.4) is 0 Å². The van der Waals surface area contributed by atoms with E-state index in [1.807, 2.05) is 31.2 Å². The molecular formula is C15H24IN3O2. The van der Waals surface area contributed by atoms with Gasteiger partial charge >= 0.3 is 0 Å². The van der Waals surface area contributed by atoms with Crippen LogP contribution < -0.4 is 15.4 Å². The maximum absolute atomic E-state index is 9.90. The van der Waals surface area contributed by atoms with Gasteiger partial charge in [0.05, 0.1) is 0 Å². The summed E-state index contributed by atoms with van der Waals surface area (Å²) in [6.07, 6.45) is 1.81. The summed E-state index contributed by atoms with van der Waals surface area (Å²) in [7, 11) is 1.73. The van der Waals surface area contributed by atoms with E-state index < -0.39 is 6.10 Å². The molecule has 0 bridgehead atoms. The van der Waals surface area contributed by atoms with Crippen LogP contribution in [-0.2, 0) is 0 Å². The first-order valence-electron chi connectivity index (χ1n) is 7.02. The highest BCUT2D eigenvalue weighted by molar-refractivity contribution is 14.0. The molecule has 1 unspecified atom stereocenters. The van der Waals surface area contributed by atoms with Gasteiger partial charge in [0.25, 0.3) is 0 Å². The molecule has 21 heavy (non-hydrogen) atoms. The number of hydrogen-bond donors (Lipinski definition) is 3. The number of rotatable bonds is 6. The summed E-state index contributed by atoms with van der Waals surface area (Å²) < 4.78 is 5.56. The van der Waals surface area contributed by atoms with Crippen LogP contribution in [0.15, 0.2) is 29.3 Å². The number of ether oxygens (including phenoxy) is 1. The molecule has 5 nitrogen and oxygen atoms in total. The first kappa shape index (κ1) is 18.0. The largest absolute Gasteiger partial charge is 0.491 e. The Labute approximate surface area is 143 Å². The van der Waals surface area contributed by atoms with Gasteiger partial charge in [0.2, 0.25) is 0 Å². The SMILES string of the molecule is CN=C(NCC(O)COc1cccc(C)c1)NC1CC1.I. The molecule has 0 aliphatic heterocycles. The normalized spacial score (nSPS) is 15.9. The van der Waals surface area contributed by atoms with Crippen molar-refractivity contribution in [1.82, 2.24) is 10.6 Å². The van der Waals surface area contributed by atoms with Gasteiger partial charge in [-0.05, 0) is 37.5 Å². The number of aliphatic hydroxyl groups excluding tert-OH is 1. The highest BCUT2D eigenvalue weighted by atomic mass is 127. The minimum atomic E-state index is -0.576. The molecule has 0 aromatic heterocycles. The molecule has 6 heteroatoms. The summed E-state index contributed by atoms with van der Waals surface area (Å²) in [4.78, 5) is 4.11. The van der Waals surface area contributed by atoms with Gasteiger partial charge < -0.3 is 20.5 Å². The number of benzene rings is 1. The Morgan fingerprint density at radius 2 is 2.24 bits per heavy atom. The van der Waals surface area contributed by atoms with E-state index in [2.05, 4.69) is 15.6 Å². The number of nitrogens with one attached hydrogen (secondary N) is 2. The van der Waals surface area contributed by atoms with Gasteiger partial charge in [0.15, 0.2) is 5.96 Å². The molecule has 0 amide bonds. The number of aryl methyl sites for hydroxylation is 1. The predicted octanol–water partition coefficient (Wildman–Crippen LogP) is 1.68. The van der Waals surface area contributed by atoms with Crippen LogP contribution in [0.5, 0.6) is 5.75 Å². The van der Waals surface area contributed by atoms with Gasteiger partial charge in [-0.25, -0.2) is 0 Å². The zero-order valence-electron chi connectivity index (χ0n) is 12.5. The summed E-state index contributed by atoms with van der Waals surface area (Å²) in [5.74, 6) is 1.52. The Morgan fingerprint density at radius 1 is 1.48 bits per heavy atom. The molecule has 1 atom stereocenters. The van der Waals surface area contributed by atoms with Gasteiger partial charge in [-0.2, -0.15) is 0 Å². The van der Waals surface area contributed by atoms with Gasteiger partial charge in [0.1, 0.15) is 18.5 Å². The first-order valence-corrected chi connectivity index (χ1v) is 7.02. The molecular weight excluding hydrogens is 381 g/mol. The van der Waals surface area contributed by atoms with Crippen molar-refractivity contribution >= 4 is 29.9 Å². The third-order valence-electron chi connectivity index (χ3n) is 3.08. The second-order valence-corrected chi connectivity index (χ2v) is 5.15. The molecule has 1 aliphatic carbocycles. The van der Waals surface area contributed by atoms with Crippen LogP contribution in [0.2, 0.25) is 0 Å². The highest BCUT2D eigenvalue weighted by Crippen LogP contribution is 2.18. The third kappa shape index (κ3) is 6.99. The highest BCUT2D eigenvalue weighted by Gasteiger charge is 2.22. The van der Waals surface area contributed by atoms with E-state index in [9.17, 15) is 5.11 Å². The van der Waals surface area contributed by atoms with Crippen molar-refractivity contribution in [3.8, 4) is 5.75 Å². The van der Waals surface area contributed by atoms with Crippen molar-refractivity contribution in [2.45, 2.75) is 31.9 Å². The fourth-order valence-electron chi connectivity index (χ4n) is 1.79. The standard InChI is InChI=1S/C15H23N3O2.HI/c1-11-4-3-5-14(8-11)20-10-13(19)9-17-15(16-2)18-12-6-7-12;/h3-5,8,12-13,19H,6-7,9-10H2,1-2H3,(H2,16,17,18);1H. The van der Waals surface area contributed by atoms with Crippen molar-refractivity contribution in [3.63, 3.8) is 0 Å². The number of aliphatic imine (C=N–C) groups is 1. The first-order chi connectivity index (χ1) is 9.67. The van der Waals surface area contributed by atoms with Crippen molar-refractivity contribution in [2.24, 2.45) is 4.99 Å². The van der Waals surface area contributed by atoms with E-state index in [0.717, 1.165) is 17.3 Å². The zero-order valence-corrected chi connectivity index (χ0v) is 14.8.